The van der Waals surface area contributed by atoms with Crippen LogP contribution in [0.3, 0.4) is 0 Å². The van der Waals surface area contributed by atoms with Crippen LogP contribution in [0.2, 0.25) is 0 Å². The van der Waals surface area contributed by atoms with Crippen molar-refractivity contribution in [1.82, 2.24) is 4.90 Å². The van der Waals surface area contributed by atoms with Crippen LogP contribution >= 0.6 is 0 Å². The number of aryl methyl sites for hydroxylation is 1. The maximum atomic E-state index is 12.2. The SMILES string of the molecule is CCN(C(=O)CCc1cccc(OC)c1)C(C)CC(=O)O. The second kappa shape index (κ2) is 8.29. The van der Waals surface area contributed by atoms with Crippen molar-refractivity contribution in [2.45, 2.75) is 39.2 Å². The molecular formula is C16H23NO4. The van der Waals surface area contributed by atoms with Crippen molar-refractivity contribution in [2.75, 3.05) is 13.7 Å². The molecule has 1 amide bonds. The van der Waals surface area contributed by atoms with E-state index >= 15 is 0 Å². The molecule has 21 heavy (non-hydrogen) atoms. The summed E-state index contributed by atoms with van der Waals surface area (Å²) < 4.78 is 5.15. The summed E-state index contributed by atoms with van der Waals surface area (Å²) in [5, 5.41) is 8.82. The van der Waals surface area contributed by atoms with Gasteiger partial charge in [-0.2, -0.15) is 0 Å². The van der Waals surface area contributed by atoms with Crippen LogP contribution in [0.5, 0.6) is 5.75 Å². The lowest BCUT2D eigenvalue weighted by Crippen LogP contribution is -2.39. The Morgan fingerprint density at radius 2 is 2.10 bits per heavy atom. The molecule has 0 aromatic heterocycles. The summed E-state index contributed by atoms with van der Waals surface area (Å²) in [5.41, 5.74) is 1.03. The molecule has 0 aliphatic heterocycles. The fraction of sp³-hybridized carbons (Fsp3) is 0.500. The average Bonchev–Trinajstić information content (AvgIpc) is 2.45. The predicted octanol–water partition coefficient (Wildman–Crippen LogP) is 2.34. The molecule has 0 bridgehead atoms. The summed E-state index contributed by atoms with van der Waals surface area (Å²) in [6, 6.07) is 7.32. The minimum atomic E-state index is -0.887. The molecule has 1 rings (SSSR count). The first-order valence-corrected chi connectivity index (χ1v) is 7.12. The number of carbonyl (C=O) groups excluding carboxylic acids is 1. The van der Waals surface area contributed by atoms with Crippen LogP contribution in [0, 0.1) is 0 Å². The number of carbonyl (C=O) groups is 2. The number of benzene rings is 1. The van der Waals surface area contributed by atoms with Gasteiger partial charge in [-0.25, -0.2) is 0 Å². The maximum Gasteiger partial charge on any atom is 0.305 e. The van der Waals surface area contributed by atoms with Gasteiger partial charge in [-0.15, -0.1) is 0 Å². The quantitative estimate of drug-likeness (QED) is 0.799. The van der Waals surface area contributed by atoms with Crippen LogP contribution < -0.4 is 4.74 Å². The molecule has 0 aliphatic carbocycles. The molecule has 0 saturated heterocycles. The average molecular weight is 293 g/mol. The summed E-state index contributed by atoms with van der Waals surface area (Å²) in [4.78, 5) is 24.6. The van der Waals surface area contributed by atoms with Crippen LogP contribution in [0.4, 0.5) is 0 Å². The number of carboxylic acid groups (broad SMARTS) is 1. The molecule has 0 fully saturated rings. The van der Waals surface area contributed by atoms with Gasteiger partial charge in [0, 0.05) is 19.0 Å². The Kier molecular flexibility index (Phi) is 6.72. The number of nitrogens with zero attached hydrogens (tertiary/aromatic N) is 1. The molecule has 0 radical (unpaired) electrons. The molecule has 5 nitrogen and oxygen atoms in total. The van der Waals surface area contributed by atoms with Crippen molar-refractivity contribution in [3.63, 3.8) is 0 Å². The third-order valence-electron chi connectivity index (χ3n) is 3.42. The van der Waals surface area contributed by atoms with Gasteiger partial charge in [-0.05, 0) is 38.0 Å². The molecule has 1 atom stereocenters. The van der Waals surface area contributed by atoms with Gasteiger partial charge in [0.05, 0.1) is 13.5 Å². The van der Waals surface area contributed by atoms with Gasteiger partial charge in [0.1, 0.15) is 5.75 Å². The summed E-state index contributed by atoms with van der Waals surface area (Å²) in [7, 11) is 1.61. The number of hydrogen-bond acceptors (Lipinski definition) is 3. The number of aliphatic carboxylic acids is 1. The van der Waals surface area contributed by atoms with Gasteiger partial charge < -0.3 is 14.7 Å². The standard InChI is InChI=1S/C16H23NO4/c1-4-17(12(2)10-16(19)20)15(18)9-8-13-6-5-7-14(11-13)21-3/h5-7,11-12H,4,8-10H2,1-3H3,(H,19,20). The van der Waals surface area contributed by atoms with E-state index in [4.69, 9.17) is 9.84 Å². The minimum absolute atomic E-state index is 0.0194. The molecular weight excluding hydrogens is 270 g/mol. The Labute approximate surface area is 125 Å². The van der Waals surface area contributed by atoms with E-state index in [9.17, 15) is 9.59 Å². The first kappa shape index (κ1) is 17.0. The van der Waals surface area contributed by atoms with Crippen molar-refractivity contribution < 1.29 is 19.4 Å². The number of carboxylic acids is 1. The van der Waals surface area contributed by atoms with Crippen LogP contribution in [-0.2, 0) is 16.0 Å². The fourth-order valence-corrected chi connectivity index (χ4v) is 2.32. The molecule has 1 unspecified atom stereocenters. The first-order chi connectivity index (χ1) is 9.97. The highest BCUT2D eigenvalue weighted by molar-refractivity contribution is 5.77. The Morgan fingerprint density at radius 1 is 1.38 bits per heavy atom. The first-order valence-electron chi connectivity index (χ1n) is 7.12. The second-order valence-electron chi connectivity index (χ2n) is 4.98. The van der Waals surface area contributed by atoms with E-state index in [2.05, 4.69) is 0 Å². The normalized spacial score (nSPS) is 11.8. The number of ether oxygens (including phenoxy) is 1. The van der Waals surface area contributed by atoms with Crippen LogP contribution in [0.1, 0.15) is 32.3 Å². The van der Waals surface area contributed by atoms with E-state index in [1.807, 2.05) is 31.2 Å². The molecule has 5 heteroatoms. The highest BCUT2D eigenvalue weighted by Gasteiger charge is 2.20. The predicted molar refractivity (Wildman–Crippen MR) is 80.4 cm³/mol. The van der Waals surface area contributed by atoms with Crippen molar-refractivity contribution in [3.8, 4) is 5.75 Å². The third-order valence-corrected chi connectivity index (χ3v) is 3.42. The lowest BCUT2D eigenvalue weighted by Gasteiger charge is -2.27. The number of hydrogen-bond donors (Lipinski definition) is 1. The maximum absolute atomic E-state index is 12.2. The molecule has 1 aromatic rings. The van der Waals surface area contributed by atoms with Gasteiger partial charge in [-0.3, -0.25) is 9.59 Å². The van der Waals surface area contributed by atoms with Crippen molar-refractivity contribution in [2.24, 2.45) is 0 Å². The highest BCUT2D eigenvalue weighted by Crippen LogP contribution is 2.15. The largest absolute Gasteiger partial charge is 0.497 e. The molecule has 0 spiro atoms. The molecule has 116 valence electrons. The van der Waals surface area contributed by atoms with E-state index < -0.39 is 5.97 Å². The van der Waals surface area contributed by atoms with E-state index in [0.717, 1.165) is 11.3 Å². The van der Waals surface area contributed by atoms with Gasteiger partial charge >= 0.3 is 5.97 Å². The van der Waals surface area contributed by atoms with E-state index in [1.165, 1.54) is 0 Å². The lowest BCUT2D eigenvalue weighted by atomic mass is 10.1. The Morgan fingerprint density at radius 3 is 2.67 bits per heavy atom. The summed E-state index contributed by atoms with van der Waals surface area (Å²) >= 11 is 0. The van der Waals surface area contributed by atoms with E-state index in [-0.39, 0.29) is 18.4 Å². The second-order valence-corrected chi connectivity index (χ2v) is 4.98. The molecule has 1 N–H and O–H groups in total. The zero-order valence-corrected chi connectivity index (χ0v) is 12.8. The van der Waals surface area contributed by atoms with E-state index in [1.54, 1.807) is 18.9 Å². The minimum Gasteiger partial charge on any atom is -0.497 e. The van der Waals surface area contributed by atoms with Crippen molar-refractivity contribution in [3.05, 3.63) is 29.8 Å². The lowest BCUT2D eigenvalue weighted by molar-refractivity contribution is -0.140. The van der Waals surface area contributed by atoms with Crippen molar-refractivity contribution in [1.29, 1.82) is 0 Å². The zero-order valence-electron chi connectivity index (χ0n) is 12.8. The van der Waals surface area contributed by atoms with Gasteiger partial charge in [0.15, 0.2) is 0 Å². The topological polar surface area (TPSA) is 66.8 Å². The summed E-state index contributed by atoms with van der Waals surface area (Å²) in [6.45, 7) is 4.15. The molecule has 0 heterocycles. The number of amides is 1. The van der Waals surface area contributed by atoms with Crippen LogP contribution in [0.25, 0.3) is 0 Å². The highest BCUT2D eigenvalue weighted by atomic mass is 16.5. The fourth-order valence-electron chi connectivity index (χ4n) is 2.32. The molecule has 0 saturated carbocycles. The Bertz CT molecular complexity index is 487. The van der Waals surface area contributed by atoms with Crippen LogP contribution in [-0.4, -0.2) is 41.6 Å². The monoisotopic (exact) mass is 293 g/mol. The number of rotatable bonds is 8. The van der Waals surface area contributed by atoms with Gasteiger partial charge in [0.25, 0.3) is 0 Å². The van der Waals surface area contributed by atoms with E-state index in [0.29, 0.717) is 19.4 Å². The van der Waals surface area contributed by atoms with Crippen LogP contribution in [0.15, 0.2) is 24.3 Å². The summed E-state index contributed by atoms with van der Waals surface area (Å²) in [6.07, 6.45) is 0.954. The van der Waals surface area contributed by atoms with Gasteiger partial charge in [-0.1, -0.05) is 12.1 Å². The number of methoxy groups -OCH3 is 1. The van der Waals surface area contributed by atoms with Gasteiger partial charge in [0.2, 0.25) is 5.91 Å². The zero-order chi connectivity index (χ0) is 15.8. The third kappa shape index (κ3) is 5.45. The van der Waals surface area contributed by atoms with Crippen molar-refractivity contribution >= 4 is 11.9 Å². The Balaban J connectivity index is 2.59. The smallest absolute Gasteiger partial charge is 0.305 e. The molecule has 0 aliphatic rings. The summed E-state index contributed by atoms with van der Waals surface area (Å²) in [5.74, 6) is -0.137. The molecule has 1 aromatic carbocycles. The Hall–Kier alpha value is -2.04.